The summed E-state index contributed by atoms with van der Waals surface area (Å²) in [5, 5.41) is 3.19. The zero-order valence-electron chi connectivity index (χ0n) is 27.7. The molecule has 52 heavy (non-hydrogen) atoms. The first-order chi connectivity index (χ1) is 25.7. The van der Waals surface area contributed by atoms with E-state index in [9.17, 15) is 4.79 Å². The lowest BCUT2D eigenvalue weighted by Gasteiger charge is -2.13. The molecule has 0 saturated heterocycles. The monoisotopic (exact) mass is 669 g/mol. The molecule has 0 amide bonds. The first kappa shape index (κ1) is 29.7. The van der Waals surface area contributed by atoms with E-state index >= 15 is 0 Å². The fourth-order valence-electron chi connectivity index (χ4n) is 7.01. The fourth-order valence-corrected chi connectivity index (χ4v) is 7.01. The molecule has 0 unspecified atom stereocenters. The van der Waals surface area contributed by atoms with Crippen LogP contribution in [0.5, 0.6) is 0 Å². The maximum atomic E-state index is 13.3. The van der Waals surface area contributed by atoms with Crippen molar-refractivity contribution in [3.05, 3.63) is 174 Å². The lowest BCUT2D eigenvalue weighted by atomic mass is 9.96. The average Bonchev–Trinajstić information content (AvgIpc) is 3.60. The van der Waals surface area contributed by atoms with Crippen LogP contribution in [0.1, 0.15) is 0 Å². The summed E-state index contributed by atoms with van der Waals surface area (Å²) in [5.41, 5.74) is 9.16. The van der Waals surface area contributed by atoms with Gasteiger partial charge >= 0.3 is 0 Å². The van der Waals surface area contributed by atoms with Crippen molar-refractivity contribution in [3.63, 3.8) is 0 Å². The van der Waals surface area contributed by atoms with Gasteiger partial charge in [-0.2, -0.15) is 0 Å². The van der Waals surface area contributed by atoms with Crippen molar-refractivity contribution in [1.29, 1.82) is 0 Å². The molecule has 0 aliphatic rings. The van der Waals surface area contributed by atoms with Crippen LogP contribution in [0.3, 0.4) is 0 Å². The van der Waals surface area contributed by atoms with Crippen molar-refractivity contribution in [3.8, 4) is 56.4 Å². The van der Waals surface area contributed by atoms with Gasteiger partial charge in [-0.15, -0.1) is 0 Å². The van der Waals surface area contributed by atoms with Gasteiger partial charge in [0, 0.05) is 21.9 Å². The highest BCUT2D eigenvalue weighted by Gasteiger charge is 2.19. The number of hydrogen-bond donors (Lipinski definition) is 0. The van der Waals surface area contributed by atoms with Gasteiger partial charge in [0.2, 0.25) is 5.43 Å². The largest absolute Gasteiger partial charge is 0.456 e. The highest BCUT2D eigenvalue weighted by molar-refractivity contribution is 6.09. The quantitative estimate of drug-likeness (QED) is 0.170. The normalized spacial score (nSPS) is 11.5. The Labute approximate surface area is 297 Å². The minimum Gasteiger partial charge on any atom is -0.456 e. The molecule has 0 N–H and O–H groups in total. The van der Waals surface area contributed by atoms with Gasteiger partial charge in [0.25, 0.3) is 0 Å². The molecule has 0 radical (unpaired) electrons. The number of hydrogen-bond acceptors (Lipinski definition) is 6. The zero-order chi connectivity index (χ0) is 34.6. The number of furan rings is 1. The summed E-state index contributed by atoms with van der Waals surface area (Å²) >= 11 is 0. The van der Waals surface area contributed by atoms with Crippen LogP contribution in [0.25, 0.3) is 100 Å². The second-order valence-electron chi connectivity index (χ2n) is 12.7. The van der Waals surface area contributed by atoms with Crippen molar-refractivity contribution in [2.45, 2.75) is 0 Å². The number of para-hydroxylation sites is 3. The number of benzene rings is 7. The lowest BCUT2D eigenvalue weighted by molar-refractivity contribution is 0.660. The van der Waals surface area contributed by atoms with Crippen LogP contribution in [-0.2, 0) is 0 Å². The van der Waals surface area contributed by atoms with Gasteiger partial charge in [0.05, 0.1) is 16.3 Å². The highest BCUT2D eigenvalue weighted by atomic mass is 16.3. The van der Waals surface area contributed by atoms with Crippen LogP contribution in [0, 0.1) is 0 Å². The predicted molar refractivity (Wildman–Crippen MR) is 208 cm³/mol. The highest BCUT2D eigenvalue weighted by Crippen LogP contribution is 2.37. The third kappa shape index (κ3) is 4.96. The van der Waals surface area contributed by atoms with E-state index in [-0.39, 0.29) is 5.43 Å². The number of nitrogens with zero attached hydrogens (tertiary/aromatic N) is 3. The van der Waals surface area contributed by atoms with Crippen molar-refractivity contribution in [1.82, 2.24) is 15.0 Å². The summed E-state index contributed by atoms with van der Waals surface area (Å²) in [6.45, 7) is 0. The van der Waals surface area contributed by atoms with Gasteiger partial charge in [-0.25, -0.2) is 15.0 Å². The van der Waals surface area contributed by atoms with Gasteiger partial charge in [0.15, 0.2) is 17.5 Å². The molecule has 0 aliphatic carbocycles. The molecule has 0 fully saturated rings. The molecule has 10 rings (SSSR count). The Morgan fingerprint density at radius 1 is 0.346 bits per heavy atom. The van der Waals surface area contributed by atoms with Gasteiger partial charge in [-0.1, -0.05) is 127 Å². The molecule has 6 heteroatoms. The lowest BCUT2D eigenvalue weighted by Crippen LogP contribution is -2.02. The standard InChI is InChI=1S/C46H27N3O3/c50-42-36-16-7-9-20-40(36)51-41-26-25-31(27-38(41)42)28-21-23-29(24-22-28)32-13-4-5-15-35(32)45-47-44(30-11-2-1-3-12-30)48-46(49-45)37-18-10-17-34-33-14-6-8-19-39(33)52-43(34)37/h1-27H. The first-order valence-electron chi connectivity index (χ1n) is 17.1. The topological polar surface area (TPSA) is 82.0 Å². The Morgan fingerprint density at radius 2 is 0.904 bits per heavy atom. The number of fused-ring (bicyclic) bond motifs is 5. The van der Waals surface area contributed by atoms with E-state index in [1.54, 1.807) is 6.07 Å². The summed E-state index contributed by atoms with van der Waals surface area (Å²) in [5.74, 6) is 1.67. The minimum atomic E-state index is -0.0348. The third-order valence-corrected chi connectivity index (χ3v) is 9.59. The maximum absolute atomic E-state index is 13.3. The molecule has 244 valence electrons. The molecule has 0 bridgehead atoms. The van der Waals surface area contributed by atoms with E-state index < -0.39 is 0 Å². The number of aromatic nitrogens is 3. The van der Waals surface area contributed by atoms with E-state index in [4.69, 9.17) is 23.8 Å². The van der Waals surface area contributed by atoms with Crippen LogP contribution in [0.2, 0.25) is 0 Å². The second-order valence-corrected chi connectivity index (χ2v) is 12.7. The van der Waals surface area contributed by atoms with Gasteiger partial charge in [-0.3, -0.25) is 4.79 Å². The van der Waals surface area contributed by atoms with E-state index in [1.165, 1.54) is 0 Å². The molecular weight excluding hydrogens is 643 g/mol. The van der Waals surface area contributed by atoms with Crippen molar-refractivity contribution < 1.29 is 8.83 Å². The van der Waals surface area contributed by atoms with E-state index in [0.717, 1.165) is 60.9 Å². The van der Waals surface area contributed by atoms with Crippen LogP contribution in [0.15, 0.2) is 177 Å². The molecule has 0 atom stereocenters. The molecule has 3 aromatic heterocycles. The smallest absolute Gasteiger partial charge is 0.200 e. The Bertz CT molecular complexity index is 3040. The molecule has 7 aromatic carbocycles. The van der Waals surface area contributed by atoms with Crippen LogP contribution >= 0.6 is 0 Å². The minimum absolute atomic E-state index is 0.0348. The van der Waals surface area contributed by atoms with Gasteiger partial charge in [0.1, 0.15) is 22.3 Å². The molecule has 0 spiro atoms. The molecule has 3 heterocycles. The number of rotatable bonds is 5. The third-order valence-electron chi connectivity index (χ3n) is 9.59. The molecule has 10 aromatic rings. The molecule has 0 saturated carbocycles. The summed E-state index contributed by atoms with van der Waals surface area (Å²) in [4.78, 5) is 28.5. The maximum Gasteiger partial charge on any atom is 0.200 e. The van der Waals surface area contributed by atoms with Crippen LogP contribution < -0.4 is 5.43 Å². The average molecular weight is 670 g/mol. The van der Waals surface area contributed by atoms with Crippen LogP contribution in [-0.4, -0.2) is 15.0 Å². The van der Waals surface area contributed by atoms with Crippen LogP contribution in [0.4, 0.5) is 0 Å². The fraction of sp³-hybridized carbons (Fsp3) is 0. The van der Waals surface area contributed by atoms with Crippen molar-refractivity contribution in [2.75, 3.05) is 0 Å². The van der Waals surface area contributed by atoms with E-state index in [1.807, 2.05) is 115 Å². The summed E-state index contributed by atoms with van der Waals surface area (Å²) in [7, 11) is 0. The zero-order valence-corrected chi connectivity index (χ0v) is 27.7. The Hall–Kier alpha value is -7.18. The second kappa shape index (κ2) is 12.0. The summed E-state index contributed by atoms with van der Waals surface area (Å²) in [6, 6.07) is 53.7. The van der Waals surface area contributed by atoms with E-state index in [2.05, 4.69) is 42.5 Å². The van der Waals surface area contributed by atoms with Gasteiger partial charge in [-0.05, 0) is 58.7 Å². The first-order valence-corrected chi connectivity index (χ1v) is 17.1. The van der Waals surface area contributed by atoms with Gasteiger partial charge < -0.3 is 8.83 Å². The van der Waals surface area contributed by atoms with Crippen molar-refractivity contribution in [2.24, 2.45) is 0 Å². The Kier molecular flexibility index (Phi) is 6.86. The summed E-state index contributed by atoms with van der Waals surface area (Å²) in [6.07, 6.45) is 0. The summed E-state index contributed by atoms with van der Waals surface area (Å²) < 4.78 is 12.4. The molecule has 6 nitrogen and oxygen atoms in total. The Balaban J connectivity index is 1.09. The van der Waals surface area contributed by atoms with E-state index in [0.29, 0.717) is 39.4 Å². The predicted octanol–water partition coefficient (Wildman–Crippen LogP) is 11.4. The molecule has 0 aliphatic heterocycles. The SMILES string of the molecule is O=c1c2ccccc2oc2ccc(-c3ccc(-c4ccccc4-c4nc(-c5ccccc5)nc(-c5cccc6c5oc5ccccc56)n4)cc3)cc12. The molecular formula is C46H27N3O3. The van der Waals surface area contributed by atoms with Crippen molar-refractivity contribution >= 4 is 43.9 Å². The Morgan fingerprint density at radius 3 is 1.71 bits per heavy atom.